The first-order valence-corrected chi connectivity index (χ1v) is 6.74. The molecule has 0 aliphatic carbocycles. The molecule has 1 aromatic carbocycles. The van der Waals surface area contributed by atoms with Crippen molar-refractivity contribution < 1.29 is 0 Å². The maximum Gasteiger partial charge on any atom is 0.116 e. The first-order valence-electron chi connectivity index (χ1n) is 4.58. The van der Waals surface area contributed by atoms with Gasteiger partial charge < -0.3 is 0 Å². The molecular formula is C11H8BrClN2S. The van der Waals surface area contributed by atoms with E-state index in [-0.39, 0.29) is 0 Å². The molecule has 0 fully saturated rings. The van der Waals surface area contributed by atoms with Crippen LogP contribution < -0.4 is 0 Å². The fourth-order valence-electron chi connectivity index (χ4n) is 1.15. The number of aromatic nitrogens is 2. The van der Waals surface area contributed by atoms with Crippen LogP contribution in [0, 0.1) is 0 Å². The number of rotatable bonds is 3. The summed E-state index contributed by atoms with van der Waals surface area (Å²) in [6.45, 7) is 0. The van der Waals surface area contributed by atoms with Crippen LogP contribution in [0.1, 0.15) is 5.56 Å². The predicted molar refractivity (Wildman–Crippen MR) is 70.7 cm³/mol. The van der Waals surface area contributed by atoms with E-state index in [0.717, 1.165) is 25.8 Å². The lowest BCUT2D eigenvalue weighted by atomic mass is 10.2. The molecule has 0 aliphatic heterocycles. The Kier molecular flexibility index (Phi) is 4.21. The van der Waals surface area contributed by atoms with Gasteiger partial charge in [0.25, 0.3) is 0 Å². The van der Waals surface area contributed by atoms with Gasteiger partial charge in [0.05, 0.1) is 5.03 Å². The highest BCUT2D eigenvalue weighted by Gasteiger charge is 2.02. The highest BCUT2D eigenvalue weighted by atomic mass is 79.9. The molecule has 0 unspecified atom stereocenters. The molecule has 2 rings (SSSR count). The molecule has 0 aliphatic rings. The van der Waals surface area contributed by atoms with Crippen molar-refractivity contribution in [2.24, 2.45) is 0 Å². The second-order valence-corrected chi connectivity index (χ2v) is 5.39. The van der Waals surface area contributed by atoms with E-state index in [9.17, 15) is 0 Å². The number of thioether (sulfide) groups is 1. The lowest BCUT2D eigenvalue weighted by Gasteiger charge is -2.03. The summed E-state index contributed by atoms with van der Waals surface area (Å²) in [5.41, 5.74) is 1.11. The molecule has 82 valence electrons. The molecule has 2 aromatic rings. The average Bonchev–Trinajstić information content (AvgIpc) is 2.29. The van der Waals surface area contributed by atoms with E-state index in [1.807, 2.05) is 24.3 Å². The number of halogens is 2. The van der Waals surface area contributed by atoms with Crippen molar-refractivity contribution in [3.05, 3.63) is 51.8 Å². The van der Waals surface area contributed by atoms with Gasteiger partial charge in [0.2, 0.25) is 0 Å². The summed E-state index contributed by atoms with van der Waals surface area (Å²) in [6, 6.07) is 7.79. The maximum atomic E-state index is 6.12. The Bertz CT molecular complexity index is 479. The Morgan fingerprint density at radius 1 is 1.31 bits per heavy atom. The zero-order chi connectivity index (χ0) is 11.4. The van der Waals surface area contributed by atoms with E-state index >= 15 is 0 Å². The first kappa shape index (κ1) is 11.9. The van der Waals surface area contributed by atoms with Gasteiger partial charge in [0.15, 0.2) is 0 Å². The van der Waals surface area contributed by atoms with Gasteiger partial charge in [-0.1, -0.05) is 33.6 Å². The summed E-state index contributed by atoms with van der Waals surface area (Å²) in [5.74, 6) is 0.809. The molecule has 1 heterocycles. The van der Waals surface area contributed by atoms with Gasteiger partial charge in [-0.05, 0) is 23.8 Å². The molecule has 5 heteroatoms. The van der Waals surface area contributed by atoms with Crippen LogP contribution in [0.5, 0.6) is 0 Å². The summed E-state index contributed by atoms with van der Waals surface area (Å²) in [5, 5.41) is 1.73. The molecule has 0 bridgehead atoms. The summed E-state index contributed by atoms with van der Waals surface area (Å²) in [7, 11) is 0. The largest absolute Gasteiger partial charge is 0.245 e. The van der Waals surface area contributed by atoms with Crippen molar-refractivity contribution in [3.8, 4) is 0 Å². The number of hydrogen-bond donors (Lipinski definition) is 0. The van der Waals surface area contributed by atoms with E-state index in [1.165, 1.54) is 0 Å². The summed E-state index contributed by atoms with van der Waals surface area (Å²) in [4.78, 5) is 8.01. The second-order valence-electron chi connectivity index (χ2n) is 3.07. The van der Waals surface area contributed by atoms with E-state index in [1.54, 1.807) is 24.3 Å². The van der Waals surface area contributed by atoms with Gasteiger partial charge in [-0.25, -0.2) is 9.97 Å². The zero-order valence-corrected chi connectivity index (χ0v) is 11.4. The van der Waals surface area contributed by atoms with E-state index in [4.69, 9.17) is 11.6 Å². The van der Waals surface area contributed by atoms with Gasteiger partial charge in [0, 0.05) is 21.4 Å². The van der Waals surface area contributed by atoms with Gasteiger partial charge in [-0.2, -0.15) is 0 Å². The molecular weight excluding hydrogens is 308 g/mol. The van der Waals surface area contributed by atoms with Crippen molar-refractivity contribution >= 4 is 39.3 Å². The highest BCUT2D eigenvalue weighted by molar-refractivity contribution is 9.10. The van der Waals surface area contributed by atoms with Gasteiger partial charge in [0.1, 0.15) is 6.33 Å². The summed E-state index contributed by atoms with van der Waals surface area (Å²) in [6.07, 6.45) is 3.28. The molecule has 0 spiro atoms. The van der Waals surface area contributed by atoms with Crippen LogP contribution in [-0.2, 0) is 5.75 Å². The number of hydrogen-bond acceptors (Lipinski definition) is 3. The van der Waals surface area contributed by atoms with Gasteiger partial charge in [-0.3, -0.25) is 0 Å². The van der Waals surface area contributed by atoms with Crippen molar-refractivity contribution in [2.75, 3.05) is 0 Å². The quantitative estimate of drug-likeness (QED) is 0.627. The van der Waals surface area contributed by atoms with Crippen molar-refractivity contribution in [1.29, 1.82) is 0 Å². The Hall–Kier alpha value is -0.580. The van der Waals surface area contributed by atoms with Crippen LogP contribution >= 0.6 is 39.3 Å². The lowest BCUT2D eigenvalue weighted by Crippen LogP contribution is -1.85. The molecule has 0 saturated carbocycles. The van der Waals surface area contributed by atoms with Crippen LogP contribution in [0.2, 0.25) is 5.02 Å². The summed E-state index contributed by atoms with van der Waals surface area (Å²) >= 11 is 11.1. The molecule has 0 radical (unpaired) electrons. The molecule has 0 amide bonds. The van der Waals surface area contributed by atoms with Crippen molar-refractivity contribution in [3.63, 3.8) is 0 Å². The fraction of sp³-hybridized carbons (Fsp3) is 0.0909. The van der Waals surface area contributed by atoms with Crippen LogP contribution in [0.3, 0.4) is 0 Å². The van der Waals surface area contributed by atoms with Crippen molar-refractivity contribution in [2.45, 2.75) is 10.8 Å². The fourth-order valence-corrected chi connectivity index (χ4v) is 2.81. The second kappa shape index (κ2) is 5.66. The monoisotopic (exact) mass is 314 g/mol. The average molecular weight is 316 g/mol. The Balaban J connectivity index is 2.05. The number of nitrogens with zero attached hydrogens (tertiary/aromatic N) is 2. The standard InChI is InChI=1S/C11H8BrClN2S/c12-9-2-1-8(10(13)5-9)6-16-11-3-4-14-7-15-11/h1-5,7H,6H2. The third-order valence-corrected chi connectivity index (χ3v) is 3.78. The highest BCUT2D eigenvalue weighted by Crippen LogP contribution is 2.27. The lowest BCUT2D eigenvalue weighted by molar-refractivity contribution is 1.05. The molecule has 1 aromatic heterocycles. The third-order valence-electron chi connectivity index (χ3n) is 1.95. The predicted octanol–water partition coefficient (Wildman–Crippen LogP) is 4.18. The van der Waals surface area contributed by atoms with Crippen molar-refractivity contribution in [1.82, 2.24) is 9.97 Å². The van der Waals surface area contributed by atoms with Crippen LogP contribution in [0.4, 0.5) is 0 Å². The van der Waals surface area contributed by atoms with Crippen LogP contribution in [0.15, 0.2) is 46.3 Å². The van der Waals surface area contributed by atoms with E-state index in [2.05, 4.69) is 25.9 Å². The first-order chi connectivity index (χ1) is 7.75. The number of benzene rings is 1. The Morgan fingerprint density at radius 2 is 2.19 bits per heavy atom. The molecule has 0 atom stereocenters. The minimum Gasteiger partial charge on any atom is -0.245 e. The topological polar surface area (TPSA) is 25.8 Å². The Labute approximate surface area is 112 Å². The molecule has 16 heavy (non-hydrogen) atoms. The van der Waals surface area contributed by atoms with Gasteiger partial charge in [-0.15, -0.1) is 11.8 Å². The minimum absolute atomic E-state index is 0.774. The van der Waals surface area contributed by atoms with Crippen LogP contribution in [-0.4, -0.2) is 9.97 Å². The zero-order valence-electron chi connectivity index (χ0n) is 8.23. The molecule has 2 nitrogen and oxygen atoms in total. The third kappa shape index (κ3) is 3.20. The normalized spacial score (nSPS) is 10.4. The molecule has 0 N–H and O–H groups in total. The summed E-state index contributed by atoms with van der Waals surface area (Å²) < 4.78 is 0.994. The Morgan fingerprint density at radius 3 is 2.88 bits per heavy atom. The van der Waals surface area contributed by atoms with E-state index in [0.29, 0.717) is 0 Å². The minimum atomic E-state index is 0.774. The smallest absolute Gasteiger partial charge is 0.116 e. The maximum absolute atomic E-state index is 6.12. The van der Waals surface area contributed by atoms with E-state index < -0.39 is 0 Å². The SMILES string of the molecule is Clc1cc(Br)ccc1CSc1ccncn1. The van der Waals surface area contributed by atoms with Crippen LogP contribution in [0.25, 0.3) is 0 Å². The van der Waals surface area contributed by atoms with Gasteiger partial charge >= 0.3 is 0 Å². The molecule has 0 saturated heterocycles.